The van der Waals surface area contributed by atoms with Crippen LogP contribution in [0, 0.1) is 5.92 Å². The first-order valence-electron chi connectivity index (χ1n) is 4.35. The van der Waals surface area contributed by atoms with Crippen LogP contribution in [-0.2, 0) is 4.74 Å². The number of hydrogen-bond acceptors (Lipinski definition) is 2. The zero-order chi connectivity index (χ0) is 8.27. The molecule has 1 heterocycles. The highest BCUT2D eigenvalue weighted by atomic mass is 16.5. The van der Waals surface area contributed by atoms with Gasteiger partial charge in [0.15, 0.2) is 0 Å². The molecule has 1 aliphatic rings. The van der Waals surface area contributed by atoms with E-state index >= 15 is 0 Å². The van der Waals surface area contributed by atoms with Gasteiger partial charge in [0.2, 0.25) is 0 Å². The lowest BCUT2D eigenvalue weighted by atomic mass is 10.1. The molecule has 0 fully saturated rings. The molecule has 0 aromatic carbocycles. The van der Waals surface area contributed by atoms with Crippen molar-refractivity contribution in [2.45, 2.75) is 27.2 Å². The van der Waals surface area contributed by atoms with Gasteiger partial charge in [0.25, 0.3) is 0 Å². The summed E-state index contributed by atoms with van der Waals surface area (Å²) in [5, 5.41) is 3.35. The molecule has 0 saturated carbocycles. The van der Waals surface area contributed by atoms with Gasteiger partial charge in [-0.25, -0.2) is 0 Å². The largest absolute Gasteiger partial charge is 0.494 e. The SMILES string of the molecule is CCC1=C(C(C)C)OCCN1. The molecule has 1 aliphatic heterocycles. The minimum atomic E-state index is 0.512. The minimum Gasteiger partial charge on any atom is -0.494 e. The second-order valence-corrected chi connectivity index (χ2v) is 3.13. The summed E-state index contributed by atoms with van der Waals surface area (Å²) in [6, 6.07) is 0. The number of allylic oxidation sites excluding steroid dienone is 2. The zero-order valence-electron chi connectivity index (χ0n) is 7.61. The smallest absolute Gasteiger partial charge is 0.117 e. The number of rotatable bonds is 2. The van der Waals surface area contributed by atoms with Crippen LogP contribution in [-0.4, -0.2) is 13.2 Å². The van der Waals surface area contributed by atoms with Crippen molar-refractivity contribution in [1.82, 2.24) is 5.32 Å². The molecule has 0 atom stereocenters. The lowest BCUT2D eigenvalue weighted by Gasteiger charge is -2.24. The van der Waals surface area contributed by atoms with Crippen LogP contribution in [0.25, 0.3) is 0 Å². The summed E-state index contributed by atoms with van der Waals surface area (Å²) >= 11 is 0. The highest BCUT2D eigenvalue weighted by Crippen LogP contribution is 2.19. The fourth-order valence-corrected chi connectivity index (χ4v) is 1.35. The first-order valence-corrected chi connectivity index (χ1v) is 4.35. The van der Waals surface area contributed by atoms with Crippen molar-refractivity contribution in [3.8, 4) is 0 Å². The Labute approximate surface area is 68.6 Å². The van der Waals surface area contributed by atoms with Crippen molar-refractivity contribution in [3.63, 3.8) is 0 Å². The average Bonchev–Trinajstić information content (AvgIpc) is 2.04. The van der Waals surface area contributed by atoms with E-state index in [9.17, 15) is 0 Å². The topological polar surface area (TPSA) is 21.3 Å². The van der Waals surface area contributed by atoms with Crippen LogP contribution in [0.15, 0.2) is 11.5 Å². The van der Waals surface area contributed by atoms with E-state index in [0.717, 1.165) is 25.3 Å². The van der Waals surface area contributed by atoms with Crippen LogP contribution >= 0.6 is 0 Å². The summed E-state index contributed by atoms with van der Waals surface area (Å²) in [5.41, 5.74) is 1.28. The Hall–Kier alpha value is -0.660. The maximum absolute atomic E-state index is 5.56. The fourth-order valence-electron chi connectivity index (χ4n) is 1.35. The van der Waals surface area contributed by atoms with Crippen LogP contribution in [0.2, 0.25) is 0 Å². The minimum absolute atomic E-state index is 0.512. The lowest BCUT2D eigenvalue weighted by Crippen LogP contribution is -2.28. The van der Waals surface area contributed by atoms with E-state index in [4.69, 9.17) is 4.74 Å². The Balaban J connectivity index is 2.73. The summed E-state index contributed by atoms with van der Waals surface area (Å²) in [4.78, 5) is 0. The van der Waals surface area contributed by atoms with Crippen molar-refractivity contribution in [1.29, 1.82) is 0 Å². The summed E-state index contributed by atoms with van der Waals surface area (Å²) in [6.45, 7) is 8.26. The van der Waals surface area contributed by atoms with Gasteiger partial charge in [-0.2, -0.15) is 0 Å². The average molecular weight is 155 g/mol. The maximum Gasteiger partial charge on any atom is 0.117 e. The molecule has 2 heteroatoms. The molecule has 1 rings (SSSR count). The summed E-state index contributed by atoms with van der Waals surface area (Å²) in [7, 11) is 0. The number of hydrogen-bond donors (Lipinski definition) is 1. The van der Waals surface area contributed by atoms with Crippen molar-refractivity contribution in [2.75, 3.05) is 13.2 Å². The van der Waals surface area contributed by atoms with Gasteiger partial charge >= 0.3 is 0 Å². The second kappa shape index (κ2) is 3.65. The highest BCUT2D eigenvalue weighted by Gasteiger charge is 2.14. The zero-order valence-corrected chi connectivity index (χ0v) is 7.61. The van der Waals surface area contributed by atoms with E-state index < -0.39 is 0 Å². The quantitative estimate of drug-likeness (QED) is 0.657. The van der Waals surface area contributed by atoms with Gasteiger partial charge in [0.1, 0.15) is 12.4 Å². The maximum atomic E-state index is 5.56. The summed E-state index contributed by atoms with van der Waals surface area (Å²) in [5.74, 6) is 1.66. The first-order chi connectivity index (χ1) is 5.25. The molecule has 0 aromatic rings. The molecule has 2 nitrogen and oxygen atoms in total. The molecule has 0 saturated heterocycles. The fraction of sp³-hybridized carbons (Fsp3) is 0.778. The van der Waals surface area contributed by atoms with Crippen LogP contribution in [0.3, 0.4) is 0 Å². The Morgan fingerprint density at radius 2 is 2.27 bits per heavy atom. The predicted molar refractivity (Wildman–Crippen MR) is 46.1 cm³/mol. The van der Waals surface area contributed by atoms with Crippen LogP contribution in [0.1, 0.15) is 27.2 Å². The molecule has 0 radical (unpaired) electrons. The van der Waals surface area contributed by atoms with Crippen LogP contribution in [0.5, 0.6) is 0 Å². The van der Waals surface area contributed by atoms with Crippen LogP contribution in [0.4, 0.5) is 0 Å². The van der Waals surface area contributed by atoms with Gasteiger partial charge in [0, 0.05) is 18.2 Å². The van der Waals surface area contributed by atoms with E-state index in [0.29, 0.717) is 5.92 Å². The van der Waals surface area contributed by atoms with E-state index in [1.807, 2.05) is 0 Å². The van der Waals surface area contributed by atoms with Gasteiger partial charge in [-0.05, 0) is 6.42 Å². The Morgan fingerprint density at radius 1 is 1.55 bits per heavy atom. The van der Waals surface area contributed by atoms with Crippen molar-refractivity contribution >= 4 is 0 Å². The molecule has 1 N–H and O–H groups in total. The third-order valence-electron chi connectivity index (χ3n) is 1.87. The summed E-state index contributed by atoms with van der Waals surface area (Å²) in [6.07, 6.45) is 1.05. The molecular formula is C9H17NO. The molecule has 11 heavy (non-hydrogen) atoms. The Morgan fingerprint density at radius 3 is 2.73 bits per heavy atom. The first kappa shape index (κ1) is 8.44. The number of ether oxygens (including phenoxy) is 1. The van der Waals surface area contributed by atoms with Gasteiger partial charge in [-0.1, -0.05) is 20.8 Å². The van der Waals surface area contributed by atoms with Crippen molar-refractivity contribution < 1.29 is 4.74 Å². The second-order valence-electron chi connectivity index (χ2n) is 3.13. The van der Waals surface area contributed by atoms with Crippen LogP contribution < -0.4 is 5.32 Å². The molecule has 0 unspecified atom stereocenters. The van der Waals surface area contributed by atoms with E-state index in [-0.39, 0.29) is 0 Å². The van der Waals surface area contributed by atoms with E-state index in [1.165, 1.54) is 5.70 Å². The normalized spacial score (nSPS) is 18.2. The third kappa shape index (κ3) is 1.88. The Kier molecular flexibility index (Phi) is 2.80. The number of nitrogens with one attached hydrogen (secondary N) is 1. The molecule has 0 amide bonds. The van der Waals surface area contributed by atoms with Gasteiger partial charge in [-0.15, -0.1) is 0 Å². The van der Waals surface area contributed by atoms with Crippen molar-refractivity contribution in [2.24, 2.45) is 5.92 Å². The monoisotopic (exact) mass is 155 g/mol. The van der Waals surface area contributed by atoms with Crippen molar-refractivity contribution in [3.05, 3.63) is 11.5 Å². The summed E-state index contributed by atoms with van der Waals surface area (Å²) < 4.78 is 5.56. The predicted octanol–water partition coefficient (Wildman–Crippen LogP) is 1.88. The van der Waals surface area contributed by atoms with Gasteiger partial charge in [-0.3, -0.25) is 0 Å². The standard InChI is InChI=1S/C9H17NO/c1-4-8-9(7(2)3)11-6-5-10-8/h7,10H,4-6H2,1-3H3. The molecule has 0 aliphatic carbocycles. The molecule has 0 aromatic heterocycles. The van der Waals surface area contributed by atoms with Gasteiger partial charge in [0.05, 0.1) is 0 Å². The molecule has 0 bridgehead atoms. The molecule has 64 valence electrons. The highest BCUT2D eigenvalue weighted by molar-refractivity contribution is 5.10. The lowest BCUT2D eigenvalue weighted by molar-refractivity contribution is 0.163. The van der Waals surface area contributed by atoms with Gasteiger partial charge < -0.3 is 10.1 Å². The Bertz CT molecular complexity index is 161. The molecule has 0 spiro atoms. The third-order valence-corrected chi connectivity index (χ3v) is 1.87. The van der Waals surface area contributed by atoms with E-state index in [1.54, 1.807) is 0 Å². The van der Waals surface area contributed by atoms with E-state index in [2.05, 4.69) is 26.1 Å². The molecular weight excluding hydrogens is 138 g/mol.